The van der Waals surface area contributed by atoms with E-state index in [4.69, 9.17) is 10.8 Å². The Morgan fingerprint density at radius 1 is 1.18 bits per heavy atom. The lowest BCUT2D eigenvalue weighted by atomic mass is 10.1. The third-order valence-corrected chi connectivity index (χ3v) is 3.60. The van der Waals surface area contributed by atoms with Crippen LogP contribution in [0.2, 0.25) is 0 Å². The fraction of sp³-hybridized carbons (Fsp3) is 0.294. The van der Waals surface area contributed by atoms with Gasteiger partial charge in [-0.2, -0.15) is 23.3 Å². The monoisotopic (exact) mass is 397 g/mol. The molecule has 1 amide bonds. The Hall–Kier alpha value is -3.37. The molecule has 1 aromatic carbocycles. The molecule has 0 atom stereocenters. The van der Waals surface area contributed by atoms with Gasteiger partial charge in [0.2, 0.25) is 5.96 Å². The molecule has 2 rings (SSSR count). The van der Waals surface area contributed by atoms with Gasteiger partial charge in [0, 0.05) is 17.2 Å². The van der Waals surface area contributed by atoms with Gasteiger partial charge in [0.05, 0.1) is 5.56 Å². The van der Waals surface area contributed by atoms with Gasteiger partial charge in [-0.05, 0) is 45.0 Å². The molecule has 0 saturated carbocycles. The maximum Gasteiger partial charge on any atom is 0.416 e. The molecule has 0 saturated heterocycles. The van der Waals surface area contributed by atoms with Crippen LogP contribution in [0.1, 0.15) is 47.2 Å². The molecule has 0 bridgehead atoms. The zero-order valence-corrected chi connectivity index (χ0v) is 15.2. The van der Waals surface area contributed by atoms with E-state index in [1.54, 1.807) is 20.8 Å². The summed E-state index contributed by atoms with van der Waals surface area (Å²) in [6.07, 6.45) is -4.52. The van der Waals surface area contributed by atoms with Crippen LogP contribution in [0.3, 0.4) is 0 Å². The number of amides is 1. The van der Waals surface area contributed by atoms with Gasteiger partial charge < -0.3 is 10.8 Å². The second-order valence-electron chi connectivity index (χ2n) is 6.80. The summed E-state index contributed by atoms with van der Waals surface area (Å²) in [6, 6.07) is 4.77. The Bertz CT molecular complexity index is 911. The number of benzene rings is 1. The number of hydrogen-bond donors (Lipinski definition) is 3. The van der Waals surface area contributed by atoms with Crippen LogP contribution in [0, 0.1) is 0 Å². The highest BCUT2D eigenvalue weighted by Crippen LogP contribution is 2.29. The number of carboxylic acids is 1. The number of rotatable bonds is 3. The van der Waals surface area contributed by atoms with Crippen molar-refractivity contribution in [2.24, 2.45) is 10.7 Å². The second-order valence-corrected chi connectivity index (χ2v) is 6.80. The minimum absolute atomic E-state index is 0.0827. The highest BCUT2D eigenvalue weighted by Gasteiger charge is 2.31. The van der Waals surface area contributed by atoms with E-state index in [2.05, 4.69) is 15.2 Å². The summed E-state index contributed by atoms with van der Waals surface area (Å²) in [4.78, 5) is 28.4. The molecular weight excluding hydrogens is 379 g/mol. The number of carboxylic acid groups (broad SMARTS) is 1. The Morgan fingerprint density at radius 3 is 2.18 bits per heavy atom. The fourth-order valence-corrected chi connectivity index (χ4v) is 2.38. The molecule has 1 heterocycles. The summed E-state index contributed by atoms with van der Waals surface area (Å²) in [5.74, 6) is -2.20. The molecule has 0 radical (unpaired) electrons. The maximum atomic E-state index is 12.6. The maximum absolute atomic E-state index is 12.6. The average molecular weight is 397 g/mol. The number of hydrogen-bond acceptors (Lipinski definition) is 3. The van der Waals surface area contributed by atoms with Crippen molar-refractivity contribution in [1.82, 2.24) is 10.2 Å². The van der Waals surface area contributed by atoms with Crippen LogP contribution in [0.25, 0.3) is 0 Å². The van der Waals surface area contributed by atoms with E-state index in [-0.39, 0.29) is 23.0 Å². The van der Waals surface area contributed by atoms with E-state index in [1.165, 1.54) is 11.0 Å². The normalized spacial score (nSPS) is 12.7. The van der Waals surface area contributed by atoms with Crippen molar-refractivity contribution in [2.75, 3.05) is 4.90 Å². The molecule has 11 heteroatoms. The highest BCUT2D eigenvalue weighted by molar-refractivity contribution is 6.07. The van der Waals surface area contributed by atoms with Crippen LogP contribution in [0.5, 0.6) is 0 Å². The van der Waals surface area contributed by atoms with Crippen LogP contribution in [0.4, 0.5) is 19.0 Å². The Balaban J connectivity index is 2.35. The first kappa shape index (κ1) is 20.9. The first-order chi connectivity index (χ1) is 12.8. The zero-order valence-electron chi connectivity index (χ0n) is 15.2. The molecule has 8 nitrogen and oxygen atoms in total. The molecule has 0 aliphatic heterocycles. The lowest BCUT2D eigenvalue weighted by molar-refractivity contribution is -0.137. The summed E-state index contributed by atoms with van der Waals surface area (Å²) in [5.41, 5.74) is 3.98. The first-order valence-electron chi connectivity index (χ1n) is 7.95. The Labute approximate surface area is 157 Å². The standard InChI is InChI=1S/C17H18F3N5O3/c1-16(2,3)25(12-8-11(14(27)28)23-24-12)15(21)22-13(26)9-4-6-10(7-5-9)17(18,19)20/h4-8H,1-3H3,(H,23,24)(H,27,28)(H2,21,22,26). The van der Waals surface area contributed by atoms with Crippen molar-refractivity contribution in [3.8, 4) is 0 Å². The second kappa shape index (κ2) is 7.33. The third-order valence-electron chi connectivity index (χ3n) is 3.60. The van der Waals surface area contributed by atoms with Crippen molar-refractivity contribution in [3.05, 3.63) is 47.2 Å². The molecule has 0 aliphatic rings. The number of halogens is 3. The predicted octanol–water partition coefficient (Wildman–Crippen LogP) is 2.89. The van der Waals surface area contributed by atoms with Crippen molar-refractivity contribution in [1.29, 1.82) is 0 Å². The minimum Gasteiger partial charge on any atom is -0.476 e. The Morgan fingerprint density at radius 2 is 1.75 bits per heavy atom. The molecular formula is C17H18F3N5O3. The van der Waals surface area contributed by atoms with E-state index in [0.717, 1.165) is 24.3 Å². The molecule has 1 aromatic heterocycles. The molecule has 0 spiro atoms. The van der Waals surface area contributed by atoms with Crippen LogP contribution >= 0.6 is 0 Å². The number of aromatic amines is 1. The number of aliphatic imine (C=N–C) groups is 1. The highest BCUT2D eigenvalue weighted by atomic mass is 19.4. The van der Waals surface area contributed by atoms with E-state index < -0.39 is 29.2 Å². The zero-order chi connectivity index (χ0) is 21.3. The number of alkyl halides is 3. The summed E-state index contributed by atoms with van der Waals surface area (Å²) in [5, 5.41) is 15.1. The van der Waals surface area contributed by atoms with E-state index in [1.807, 2.05) is 0 Å². The summed E-state index contributed by atoms with van der Waals surface area (Å²) in [7, 11) is 0. The van der Waals surface area contributed by atoms with Gasteiger partial charge in [-0.25, -0.2) is 4.79 Å². The molecule has 4 N–H and O–H groups in total. The van der Waals surface area contributed by atoms with Crippen molar-refractivity contribution in [2.45, 2.75) is 32.5 Å². The molecule has 0 fully saturated rings. The lowest BCUT2D eigenvalue weighted by Gasteiger charge is -2.34. The Kier molecular flexibility index (Phi) is 5.48. The largest absolute Gasteiger partial charge is 0.476 e. The van der Waals surface area contributed by atoms with Crippen molar-refractivity contribution < 1.29 is 27.9 Å². The quantitative estimate of drug-likeness (QED) is 0.540. The van der Waals surface area contributed by atoms with Crippen LogP contribution in [-0.2, 0) is 6.18 Å². The summed E-state index contributed by atoms with van der Waals surface area (Å²) >= 11 is 0. The number of nitrogens with two attached hydrogens (primary N) is 1. The number of aromatic carboxylic acids is 1. The number of carbonyl (C=O) groups excluding carboxylic acids is 1. The lowest BCUT2D eigenvalue weighted by Crippen LogP contribution is -2.50. The van der Waals surface area contributed by atoms with E-state index in [0.29, 0.717) is 0 Å². The number of nitrogens with zero attached hydrogens (tertiary/aromatic N) is 3. The fourth-order valence-electron chi connectivity index (χ4n) is 2.38. The van der Waals surface area contributed by atoms with Gasteiger partial charge in [-0.3, -0.25) is 14.8 Å². The smallest absolute Gasteiger partial charge is 0.416 e. The number of guanidine groups is 1. The minimum atomic E-state index is -4.52. The number of aromatic nitrogens is 2. The van der Waals surface area contributed by atoms with Crippen LogP contribution < -0.4 is 10.6 Å². The molecule has 28 heavy (non-hydrogen) atoms. The number of nitrogens with one attached hydrogen (secondary N) is 1. The SMILES string of the molecule is CC(C)(C)N(/C(N)=N/C(=O)c1ccc(C(F)(F)F)cc1)c1cc(C(=O)O)n[nH]1. The first-order valence-corrected chi connectivity index (χ1v) is 7.95. The summed E-state index contributed by atoms with van der Waals surface area (Å²) < 4.78 is 37.9. The number of anilines is 1. The van der Waals surface area contributed by atoms with Crippen molar-refractivity contribution >= 4 is 23.7 Å². The topological polar surface area (TPSA) is 125 Å². The third kappa shape index (κ3) is 4.67. The predicted molar refractivity (Wildman–Crippen MR) is 95.2 cm³/mol. The van der Waals surface area contributed by atoms with Gasteiger partial charge in [0.1, 0.15) is 5.82 Å². The van der Waals surface area contributed by atoms with Crippen molar-refractivity contribution in [3.63, 3.8) is 0 Å². The summed E-state index contributed by atoms with van der Waals surface area (Å²) in [6.45, 7) is 5.21. The van der Waals surface area contributed by atoms with Crippen LogP contribution in [0.15, 0.2) is 35.3 Å². The van der Waals surface area contributed by atoms with Gasteiger partial charge in [-0.1, -0.05) is 0 Å². The average Bonchev–Trinajstić information content (AvgIpc) is 3.02. The van der Waals surface area contributed by atoms with Gasteiger partial charge in [-0.15, -0.1) is 0 Å². The molecule has 0 aliphatic carbocycles. The van der Waals surface area contributed by atoms with E-state index in [9.17, 15) is 22.8 Å². The number of H-pyrrole nitrogens is 1. The number of carbonyl (C=O) groups is 2. The van der Waals surface area contributed by atoms with Gasteiger partial charge >= 0.3 is 12.1 Å². The van der Waals surface area contributed by atoms with Gasteiger partial charge in [0.15, 0.2) is 5.69 Å². The molecule has 0 unspecified atom stereocenters. The van der Waals surface area contributed by atoms with Gasteiger partial charge in [0.25, 0.3) is 5.91 Å². The van der Waals surface area contributed by atoms with E-state index >= 15 is 0 Å². The molecule has 2 aromatic rings. The molecule has 150 valence electrons. The van der Waals surface area contributed by atoms with Crippen LogP contribution in [-0.4, -0.2) is 38.7 Å².